The van der Waals surface area contributed by atoms with Crippen LogP contribution >= 0.6 is 0 Å². The Kier molecular flexibility index (Phi) is 3.51. The van der Waals surface area contributed by atoms with Gasteiger partial charge in [0, 0.05) is 19.2 Å². The number of rotatable bonds is 3. The molecule has 0 spiro atoms. The number of carbonyl (C=O) groups is 1. The summed E-state index contributed by atoms with van der Waals surface area (Å²) in [6, 6.07) is 6.40. The largest absolute Gasteiger partial charge is 0.508 e. The Morgan fingerprint density at radius 1 is 1.50 bits per heavy atom. The first-order valence-corrected chi connectivity index (χ1v) is 4.69. The highest BCUT2D eigenvalue weighted by Gasteiger charge is 2.10. The maximum Gasteiger partial charge on any atom is 0.253 e. The molecule has 1 N–H and O–H groups in total. The summed E-state index contributed by atoms with van der Waals surface area (Å²) >= 11 is 0. The van der Waals surface area contributed by atoms with Gasteiger partial charge in [-0.05, 0) is 24.6 Å². The topological polar surface area (TPSA) is 40.5 Å². The van der Waals surface area contributed by atoms with Gasteiger partial charge < -0.3 is 10.0 Å². The van der Waals surface area contributed by atoms with Gasteiger partial charge in [-0.15, -0.1) is 0 Å². The fraction of sp³-hybridized carbons (Fsp3) is 0.364. The summed E-state index contributed by atoms with van der Waals surface area (Å²) in [5.74, 6) is 0.0727. The molecular weight excluding hydrogens is 178 g/mol. The van der Waals surface area contributed by atoms with E-state index in [9.17, 15) is 9.90 Å². The fourth-order valence-electron chi connectivity index (χ4n) is 1.30. The van der Waals surface area contributed by atoms with Crippen LogP contribution in [-0.2, 0) is 0 Å². The molecule has 1 aromatic carbocycles. The van der Waals surface area contributed by atoms with Gasteiger partial charge >= 0.3 is 0 Å². The molecule has 0 aliphatic carbocycles. The van der Waals surface area contributed by atoms with Crippen molar-refractivity contribution in [2.45, 2.75) is 13.3 Å². The van der Waals surface area contributed by atoms with E-state index in [-0.39, 0.29) is 11.7 Å². The van der Waals surface area contributed by atoms with E-state index in [1.807, 2.05) is 6.92 Å². The highest BCUT2D eigenvalue weighted by Crippen LogP contribution is 2.12. The van der Waals surface area contributed by atoms with Crippen LogP contribution in [0.2, 0.25) is 0 Å². The standard InChI is InChI=1S/C11H15NO2/c1-3-7-12(2)11(14)9-5-4-6-10(13)8-9/h4-6,8,13H,3,7H2,1-2H3. The summed E-state index contributed by atoms with van der Waals surface area (Å²) in [5, 5.41) is 9.20. The molecule has 0 aliphatic heterocycles. The van der Waals surface area contributed by atoms with Crippen molar-refractivity contribution >= 4 is 5.91 Å². The number of phenolic OH excluding ortho intramolecular Hbond substituents is 1. The Bertz CT molecular complexity index is 323. The minimum Gasteiger partial charge on any atom is -0.508 e. The molecule has 3 heteroatoms. The average Bonchev–Trinajstić information content (AvgIpc) is 2.17. The van der Waals surface area contributed by atoms with Gasteiger partial charge in [0.25, 0.3) is 5.91 Å². The Morgan fingerprint density at radius 3 is 2.79 bits per heavy atom. The van der Waals surface area contributed by atoms with E-state index in [2.05, 4.69) is 0 Å². The van der Waals surface area contributed by atoms with Gasteiger partial charge in [-0.1, -0.05) is 13.0 Å². The van der Waals surface area contributed by atoms with Gasteiger partial charge in [-0.25, -0.2) is 0 Å². The number of aromatic hydroxyl groups is 1. The van der Waals surface area contributed by atoms with Crippen LogP contribution in [0.25, 0.3) is 0 Å². The smallest absolute Gasteiger partial charge is 0.253 e. The minimum atomic E-state index is -0.0530. The zero-order valence-electron chi connectivity index (χ0n) is 8.53. The summed E-state index contributed by atoms with van der Waals surface area (Å²) in [6.45, 7) is 2.75. The molecule has 0 saturated carbocycles. The summed E-state index contributed by atoms with van der Waals surface area (Å²) in [5.41, 5.74) is 0.529. The van der Waals surface area contributed by atoms with Crippen molar-refractivity contribution in [3.63, 3.8) is 0 Å². The zero-order valence-corrected chi connectivity index (χ0v) is 8.53. The van der Waals surface area contributed by atoms with Crippen LogP contribution in [0.5, 0.6) is 5.75 Å². The molecule has 0 aliphatic rings. The first-order valence-electron chi connectivity index (χ1n) is 4.69. The van der Waals surface area contributed by atoms with Crippen molar-refractivity contribution in [3.8, 4) is 5.75 Å². The van der Waals surface area contributed by atoms with Gasteiger partial charge in [-0.3, -0.25) is 4.79 Å². The Morgan fingerprint density at radius 2 is 2.21 bits per heavy atom. The number of nitrogens with zero attached hydrogens (tertiary/aromatic N) is 1. The van der Waals surface area contributed by atoms with Crippen LogP contribution in [-0.4, -0.2) is 29.5 Å². The predicted molar refractivity (Wildman–Crippen MR) is 55.4 cm³/mol. The van der Waals surface area contributed by atoms with Crippen LogP contribution in [0, 0.1) is 0 Å². The van der Waals surface area contributed by atoms with E-state index >= 15 is 0 Å². The molecule has 0 fully saturated rings. The van der Waals surface area contributed by atoms with Crippen molar-refractivity contribution in [2.24, 2.45) is 0 Å². The van der Waals surface area contributed by atoms with Crippen LogP contribution in [0.3, 0.4) is 0 Å². The molecule has 1 amide bonds. The van der Waals surface area contributed by atoms with E-state index in [0.717, 1.165) is 13.0 Å². The Balaban J connectivity index is 2.78. The second kappa shape index (κ2) is 4.65. The van der Waals surface area contributed by atoms with Gasteiger partial charge in [0.2, 0.25) is 0 Å². The molecule has 0 unspecified atom stereocenters. The number of hydrogen-bond donors (Lipinski definition) is 1. The highest BCUT2D eigenvalue weighted by molar-refractivity contribution is 5.94. The molecule has 0 atom stereocenters. The molecule has 0 radical (unpaired) electrons. The summed E-state index contributed by atoms with van der Waals surface area (Å²) < 4.78 is 0. The second-order valence-corrected chi connectivity index (χ2v) is 3.28. The Labute approximate surface area is 84.0 Å². The lowest BCUT2D eigenvalue weighted by molar-refractivity contribution is 0.0794. The molecule has 3 nitrogen and oxygen atoms in total. The van der Waals surface area contributed by atoms with Gasteiger partial charge in [-0.2, -0.15) is 0 Å². The fourth-order valence-corrected chi connectivity index (χ4v) is 1.30. The van der Waals surface area contributed by atoms with E-state index in [4.69, 9.17) is 0 Å². The normalized spacial score (nSPS) is 9.86. The lowest BCUT2D eigenvalue weighted by Gasteiger charge is -2.15. The summed E-state index contributed by atoms with van der Waals surface area (Å²) in [7, 11) is 1.76. The molecule has 1 rings (SSSR count). The first-order chi connectivity index (χ1) is 6.65. The Hall–Kier alpha value is -1.51. The van der Waals surface area contributed by atoms with Crippen LogP contribution in [0.1, 0.15) is 23.7 Å². The van der Waals surface area contributed by atoms with E-state index < -0.39 is 0 Å². The minimum absolute atomic E-state index is 0.0530. The van der Waals surface area contributed by atoms with Gasteiger partial charge in [0.1, 0.15) is 5.75 Å². The average molecular weight is 193 g/mol. The van der Waals surface area contributed by atoms with Gasteiger partial charge in [0.15, 0.2) is 0 Å². The molecule has 76 valence electrons. The molecule has 1 aromatic rings. The van der Waals surface area contributed by atoms with Crippen molar-refractivity contribution in [1.29, 1.82) is 0 Å². The highest BCUT2D eigenvalue weighted by atomic mass is 16.3. The monoisotopic (exact) mass is 193 g/mol. The van der Waals surface area contributed by atoms with Crippen molar-refractivity contribution in [2.75, 3.05) is 13.6 Å². The van der Waals surface area contributed by atoms with Crippen LogP contribution < -0.4 is 0 Å². The third-order valence-corrected chi connectivity index (χ3v) is 2.00. The maximum absolute atomic E-state index is 11.7. The van der Waals surface area contributed by atoms with Crippen molar-refractivity contribution < 1.29 is 9.90 Å². The maximum atomic E-state index is 11.7. The van der Waals surface area contributed by atoms with Crippen molar-refractivity contribution in [3.05, 3.63) is 29.8 Å². The van der Waals surface area contributed by atoms with Crippen molar-refractivity contribution in [1.82, 2.24) is 4.90 Å². The number of phenols is 1. The molecule has 14 heavy (non-hydrogen) atoms. The zero-order chi connectivity index (χ0) is 10.6. The van der Waals surface area contributed by atoms with Gasteiger partial charge in [0.05, 0.1) is 0 Å². The summed E-state index contributed by atoms with van der Waals surface area (Å²) in [4.78, 5) is 13.3. The van der Waals surface area contributed by atoms with E-state index in [1.54, 1.807) is 30.1 Å². The lowest BCUT2D eigenvalue weighted by atomic mass is 10.2. The molecular formula is C11H15NO2. The second-order valence-electron chi connectivity index (χ2n) is 3.28. The molecule has 0 bridgehead atoms. The quantitative estimate of drug-likeness (QED) is 0.796. The van der Waals surface area contributed by atoms with Crippen LogP contribution in [0.15, 0.2) is 24.3 Å². The van der Waals surface area contributed by atoms with Crippen LogP contribution in [0.4, 0.5) is 0 Å². The number of benzene rings is 1. The summed E-state index contributed by atoms with van der Waals surface area (Å²) in [6.07, 6.45) is 0.932. The predicted octanol–water partition coefficient (Wildman–Crippen LogP) is 1.87. The number of carbonyl (C=O) groups excluding carboxylic acids is 1. The lowest BCUT2D eigenvalue weighted by Crippen LogP contribution is -2.27. The molecule has 0 saturated heterocycles. The van der Waals surface area contributed by atoms with E-state index in [0.29, 0.717) is 5.56 Å². The number of hydrogen-bond acceptors (Lipinski definition) is 2. The molecule has 0 heterocycles. The number of amides is 1. The van der Waals surface area contributed by atoms with E-state index in [1.165, 1.54) is 6.07 Å². The third kappa shape index (κ3) is 2.49. The molecule has 0 aromatic heterocycles. The SMILES string of the molecule is CCCN(C)C(=O)c1cccc(O)c1. The first kappa shape index (κ1) is 10.6. The third-order valence-electron chi connectivity index (χ3n) is 2.00.